The van der Waals surface area contributed by atoms with Crippen LogP contribution < -0.4 is 10.7 Å². The third kappa shape index (κ3) is 3.65. The molecule has 4 rings (SSSR count). The molecule has 2 fully saturated rings. The van der Waals surface area contributed by atoms with Crippen molar-refractivity contribution < 1.29 is 22.8 Å². The van der Waals surface area contributed by atoms with Gasteiger partial charge >= 0.3 is 6.03 Å². The highest BCUT2D eigenvalue weighted by atomic mass is 32.2. The molecule has 168 valence electrons. The van der Waals surface area contributed by atoms with Crippen LogP contribution in [0.25, 0.3) is 0 Å². The fraction of sp³-hybridized carbons (Fsp3) is 0.318. The molecule has 2 aliphatic heterocycles. The summed E-state index contributed by atoms with van der Waals surface area (Å²) in [6.07, 6.45) is 1.96. The van der Waals surface area contributed by atoms with Crippen LogP contribution in [0, 0.1) is 0 Å². The molecular weight excluding hydrogens is 432 g/mol. The number of benzene rings is 2. The van der Waals surface area contributed by atoms with Gasteiger partial charge in [0.2, 0.25) is 10.0 Å². The molecule has 1 unspecified atom stereocenters. The minimum Gasteiger partial charge on any atom is -0.318 e. The van der Waals surface area contributed by atoms with Crippen LogP contribution in [0.3, 0.4) is 0 Å². The van der Waals surface area contributed by atoms with Crippen LogP contribution in [0.4, 0.5) is 4.79 Å². The van der Waals surface area contributed by atoms with Crippen LogP contribution >= 0.6 is 0 Å². The first-order valence-electron chi connectivity index (χ1n) is 10.4. The van der Waals surface area contributed by atoms with Gasteiger partial charge < -0.3 is 5.32 Å². The summed E-state index contributed by atoms with van der Waals surface area (Å²) in [6, 6.07) is 13.5. The van der Waals surface area contributed by atoms with E-state index in [9.17, 15) is 22.8 Å². The number of hydrogen-bond donors (Lipinski definition) is 2. The van der Waals surface area contributed by atoms with Crippen molar-refractivity contribution in [2.24, 2.45) is 0 Å². The van der Waals surface area contributed by atoms with Gasteiger partial charge in [-0.2, -0.15) is 9.31 Å². The van der Waals surface area contributed by atoms with Crippen molar-refractivity contribution in [3.05, 3.63) is 65.7 Å². The Bertz CT molecular complexity index is 1140. The third-order valence-electron chi connectivity index (χ3n) is 5.92. The molecule has 1 atom stereocenters. The van der Waals surface area contributed by atoms with Crippen molar-refractivity contribution in [1.82, 2.24) is 20.1 Å². The summed E-state index contributed by atoms with van der Waals surface area (Å²) in [4.78, 5) is 38.4. The average Bonchev–Trinajstić information content (AvgIpc) is 3.44. The van der Waals surface area contributed by atoms with Gasteiger partial charge in [-0.1, -0.05) is 37.3 Å². The van der Waals surface area contributed by atoms with Gasteiger partial charge in [-0.25, -0.2) is 13.2 Å². The largest absolute Gasteiger partial charge is 0.344 e. The maximum atomic E-state index is 13.1. The molecule has 0 saturated carbocycles. The first kappa shape index (κ1) is 22.0. The lowest BCUT2D eigenvalue weighted by molar-refractivity contribution is -0.133. The van der Waals surface area contributed by atoms with Crippen molar-refractivity contribution in [2.75, 3.05) is 13.1 Å². The van der Waals surface area contributed by atoms with E-state index >= 15 is 0 Å². The number of nitrogens with one attached hydrogen (secondary N) is 2. The molecule has 0 bridgehead atoms. The number of hydrogen-bond acceptors (Lipinski definition) is 5. The zero-order valence-electron chi connectivity index (χ0n) is 17.6. The van der Waals surface area contributed by atoms with E-state index in [0.717, 1.165) is 12.8 Å². The summed E-state index contributed by atoms with van der Waals surface area (Å²) in [6.45, 7) is 2.74. The number of imide groups is 1. The molecule has 32 heavy (non-hydrogen) atoms. The Balaban J connectivity index is 1.51. The normalized spacial score (nSPS) is 21.6. The van der Waals surface area contributed by atoms with Crippen molar-refractivity contribution in [1.29, 1.82) is 0 Å². The Hall–Kier alpha value is -3.24. The van der Waals surface area contributed by atoms with Crippen molar-refractivity contribution in [3.8, 4) is 0 Å². The monoisotopic (exact) mass is 456 g/mol. The smallest absolute Gasteiger partial charge is 0.318 e. The highest BCUT2D eigenvalue weighted by Gasteiger charge is 2.52. The highest BCUT2D eigenvalue weighted by molar-refractivity contribution is 7.89. The second kappa shape index (κ2) is 8.36. The van der Waals surface area contributed by atoms with Gasteiger partial charge in [0.05, 0.1) is 4.90 Å². The van der Waals surface area contributed by atoms with E-state index in [2.05, 4.69) is 10.7 Å². The highest BCUT2D eigenvalue weighted by Crippen LogP contribution is 2.31. The van der Waals surface area contributed by atoms with Crippen molar-refractivity contribution >= 4 is 27.9 Å². The van der Waals surface area contributed by atoms with Gasteiger partial charge in [0, 0.05) is 18.7 Å². The number of carbonyl (C=O) groups excluding carboxylic acids is 3. The number of amides is 4. The van der Waals surface area contributed by atoms with E-state index in [1.54, 1.807) is 37.3 Å². The standard InChI is InChI=1S/C22H24N4O5S/c1-2-22(17-8-4-3-5-9-17)20(28)26(21(29)23-22)24-19(27)16-10-12-18(13-11-16)32(30,31)25-14-6-7-15-25/h3-5,8-13H,2,6-7,14-15H2,1H3,(H,23,29)(H,24,27). The molecule has 0 aromatic heterocycles. The maximum Gasteiger partial charge on any atom is 0.344 e. The second-order valence-corrected chi connectivity index (χ2v) is 9.71. The molecule has 10 heteroatoms. The summed E-state index contributed by atoms with van der Waals surface area (Å²) < 4.78 is 26.7. The van der Waals surface area contributed by atoms with E-state index in [1.807, 2.05) is 0 Å². The Morgan fingerprint density at radius 2 is 1.66 bits per heavy atom. The Morgan fingerprint density at radius 1 is 1.03 bits per heavy atom. The quantitative estimate of drug-likeness (QED) is 0.645. The number of sulfonamides is 1. The van der Waals surface area contributed by atoms with E-state index < -0.39 is 33.4 Å². The summed E-state index contributed by atoms with van der Waals surface area (Å²) in [5.41, 5.74) is 1.82. The molecule has 9 nitrogen and oxygen atoms in total. The van der Waals surface area contributed by atoms with Crippen LogP contribution in [-0.4, -0.2) is 48.7 Å². The summed E-state index contributed by atoms with van der Waals surface area (Å²) >= 11 is 0. The minimum absolute atomic E-state index is 0.0972. The van der Waals surface area contributed by atoms with Crippen LogP contribution in [0.5, 0.6) is 0 Å². The second-order valence-electron chi connectivity index (χ2n) is 7.77. The van der Waals surface area contributed by atoms with Crippen LogP contribution in [-0.2, 0) is 20.4 Å². The lowest BCUT2D eigenvalue weighted by atomic mass is 9.87. The lowest BCUT2D eigenvalue weighted by Crippen LogP contribution is -2.48. The maximum absolute atomic E-state index is 13.1. The molecule has 2 aliphatic rings. The van der Waals surface area contributed by atoms with Crippen LogP contribution in [0.2, 0.25) is 0 Å². The Labute approximate surface area is 186 Å². The molecule has 2 aromatic carbocycles. The molecule has 0 aliphatic carbocycles. The summed E-state index contributed by atoms with van der Waals surface area (Å²) in [5, 5.41) is 3.36. The fourth-order valence-electron chi connectivity index (χ4n) is 4.06. The summed E-state index contributed by atoms with van der Waals surface area (Å²) in [5.74, 6) is -1.28. The van der Waals surface area contributed by atoms with E-state index in [-0.39, 0.29) is 10.5 Å². The number of rotatable bonds is 6. The third-order valence-corrected chi connectivity index (χ3v) is 7.83. The number of nitrogens with zero attached hydrogens (tertiary/aromatic N) is 2. The summed E-state index contributed by atoms with van der Waals surface area (Å²) in [7, 11) is -3.60. The van der Waals surface area contributed by atoms with Crippen LogP contribution in [0.1, 0.15) is 42.1 Å². The molecule has 0 radical (unpaired) electrons. The Morgan fingerprint density at radius 3 is 2.25 bits per heavy atom. The van der Waals surface area contributed by atoms with Gasteiger partial charge in [-0.3, -0.25) is 15.0 Å². The van der Waals surface area contributed by atoms with Gasteiger partial charge in [-0.05, 0) is 49.1 Å². The topological polar surface area (TPSA) is 116 Å². The molecule has 2 aromatic rings. The lowest BCUT2D eigenvalue weighted by Gasteiger charge is -2.25. The molecule has 0 spiro atoms. The van der Waals surface area contributed by atoms with E-state index in [0.29, 0.717) is 30.1 Å². The Kier molecular flexibility index (Phi) is 5.74. The first-order chi connectivity index (χ1) is 15.3. The number of hydrazine groups is 1. The van der Waals surface area contributed by atoms with Gasteiger partial charge in [0.1, 0.15) is 5.54 Å². The fourth-order valence-corrected chi connectivity index (χ4v) is 5.58. The van der Waals surface area contributed by atoms with Gasteiger partial charge in [-0.15, -0.1) is 0 Å². The van der Waals surface area contributed by atoms with Crippen molar-refractivity contribution in [3.63, 3.8) is 0 Å². The number of urea groups is 1. The first-order valence-corrected chi connectivity index (χ1v) is 11.9. The zero-order chi connectivity index (χ0) is 22.9. The number of carbonyl (C=O) groups is 3. The van der Waals surface area contributed by atoms with Crippen LogP contribution in [0.15, 0.2) is 59.5 Å². The van der Waals surface area contributed by atoms with Crippen molar-refractivity contribution in [2.45, 2.75) is 36.6 Å². The molecule has 2 saturated heterocycles. The molecule has 2 N–H and O–H groups in total. The van der Waals surface area contributed by atoms with E-state index in [4.69, 9.17) is 0 Å². The molecule has 2 heterocycles. The predicted molar refractivity (Wildman–Crippen MR) is 116 cm³/mol. The van der Waals surface area contributed by atoms with E-state index in [1.165, 1.54) is 28.6 Å². The average molecular weight is 457 g/mol. The zero-order valence-corrected chi connectivity index (χ0v) is 18.4. The minimum atomic E-state index is -3.60. The van der Waals surface area contributed by atoms with Gasteiger partial charge in [0.15, 0.2) is 0 Å². The predicted octanol–water partition coefficient (Wildman–Crippen LogP) is 1.97. The molecule has 4 amide bonds. The SMILES string of the molecule is CCC1(c2ccccc2)NC(=O)N(NC(=O)c2ccc(S(=O)(=O)N3CCCC3)cc2)C1=O. The molecular formula is C22H24N4O5S. The van der Waals surface area contributed by atoms with Gasteiger partial charge in [0.25, 0.3) is 11.8 Å².